The van der Waals surface area contributed by atoms with Gasteiger partial charge in [0.2, 0.25) is 0 Å². The largest absolute Gasteiger partial charge is 0.464 e. The van der Waals surface area contributed by atoms with E-state index in [1.165, 1.54) is 19.4 Å². The van der Waals surface area contributed by atoms with Crippen LogP contribution in [0.2, 0.25) is 0 Å². The second-order valence-electron chi connectivity index (χ2n) is 4.20. The first-order valence-electron chi connectivity index (χ1n) is 6.24. The number of carbonyl (C=O) groups excluding carboxylic acids is 1. The number of nitrogens with two attached hydrogens (primary N) is 1. The maximum absolute atomic E-state index is 11.4. The van der Waals surface area contributed by atoms with Crippen LogP contribution < -0.4 is 10.5 Å². The van der Waals surface area contributed by atoms with Gasteiger partial charge in [0.1, 0.15) is 11.5 Å². The van der Waals surface area contributed by atoms with Crippen LogP contribution in [0, 0.1) is 0 Å². The number of esters is 1. The van der Waals surface area contributed by atoms with Crippen LogP contribution in [0.1, 0.15) is 23.0 Å². The monoisotopic (exact) mass is 272 g/mol. The number of hydrogen-bond acceptors (Lipinski definition) is 5. The van der Waals surface area contributed by atoms with E-state index in [1.807, 2.05) is 18.2 Å². The van der Waals surface area contributed by atoms with Gasteiger partial charge < -0.3 is 15.2 Å². The topological polar surface area (TPSA) is 74.4 Å². The van der Waals surface area contributed by atoms with Gasteiger partial charge in [0.15, 0.2) is 5.69 Å². The zero-order valence-electron chi connectivity index (χ0n) is 11.4. The van der Waals surface area contributed by atoms with E-state index in [0.717, 1.165) is 12.0 Å². The molecular formula is C15H16N2O3. The molecule has 2 N–H and O–H groups in total. The van der Waals surface area contributed by atoms with Gasteiger partial charge in [-0.05, 0) is 30.2 Å². The number of methoxy groups -OCH3 is 1. The van der Waals surface area contributed by atoms with Gasteiger partial charge in [-0.1, -0.05) is 13.0 Å². The highest BCUT2D eigenvalue weighted by Crippen LogP contribution is 2.28. The average molecular weight is 272 g/mol. The molecule has 1 aromatic heterocycles. The molecule has 1 aromatic carbocycles. The standard InChI is InChI=1S/C15H16N2O3/c1-3-10-4-5-14(12(16)8-10)20-11-6-7-17-13(9-11)15(18)19-2/h4-9H,3,16H2,1-2H3. The van der Waals surface area contributed by atoms with Crippen LogP contribution in [0.4, 0.5) is 5.69 Å². The Bertz CT molecular complexity index is 626. The van der Waals surface area contributed by atoms with Crippen molar-refractivity contribution in [3.8, 4) is 11.5 Å². The van der Waals surface area contributed by atoms with Crippen molar-refractivity contribution in [2.24, 2.45) is 0 Å². The van der Waals surface area contributed by atoms with Crippen molar-refractivity contribution < 1.29 is 14.3 Å². The van der Waals surface area contributed by atoms with E-state index in [1.54, 1.807) is 6.07 Å². The molecule has 0 aliphatic carbocycles. The summed E-state index contributed by atoms with van der Waals surface area (Å²) in [5.41, 5.74) is 7.82. The third-order valence-electron chi connectivity index (χ3n) is 2.84. The van der Waals surface area contributed by atoms with E-state index in [2.05, 4.69) is 16.6 Å². The number of nitrogens with zero attached hydrogens (tertiary/aromatic N) is 1. The van der Waals surface area contributed by atoms with Crippen LogP contribution in [0.15, 0.2) is 36.5 Å². The third-order valence-corrected chi connectivity index (χ3v) is 2.84. The van der Waals surface area contributed by atoms with E-state index < -0.39 is 5.97 Å². The summed E-state index contributed by atoms with van der Waals surface area (Å²) in [6.45, 7) is 2.06. The quantitative estimate of drug-likeness (QED) is 0.684. The summed E-state index contributed by atoms with van der Waals surface area (Å²) >= 11 is 0. The van der Waals surface area contributed by atoms with Crippen molar-refractivity contribution in [1.82, 2.24) is 4.98 Å². The van der Waals surface area contributed by atoms with Gasteiger partial charge in [-0.25, -0.2) is 9.78 Å². The molecule has 0 atom stereocenters. The average Bonchev–Trinajstić information content (AvgIpc) is 2.48. The Morgan fingerprint density at radius 1 is 1.30 bits per heavy atom. The van der Waals surface area contributed by atoms with Gasteiger partial charge in [-0.15, -0.1) is 0 Å². The molecule has 0 saturated heterocycles. The van der Waals surface area contributed by atoms with Crippen molar-refractivity contribution in [1.29, 1.82) is 0 Å². The zero-order chi connectivity index (χ0) is 14.5. The molecule has 0 bridgehead atoms. The molecule has 0 amide bonds. The third kappa shape index (κ3) is 3.06. The highest BCUT2D eigenvalue weighted by atomic mass is 16.5. The maximum atomic E-state index is 11.4. The molecule has 2 rings (SSSR count). The number of anilines is 1. The number of ether oxygens (including phenoxy) is 2. The van der Waals surface area contributed by atoms with Gasteiger partial charge in [0, 0.05) is 12.3 Å². The van der Waals surface area contributed by atoms with Crippen LogP contribution in [0.3, 0.4) is 0 Å². The Morgan fingerprint density at radius 2 is 2.10 bits per heavy atom. The minimum Gasteiger partial charge on any atom is -0.464 e. The van der Waals surface area contributed by atoms with Crippen molar-refractivity contribution in [2.75, 3.05) is 12.8 Å². The maximum Gasteiger partial charge on any atom is 0.356 e. The smallest absolute Gasteiger partial charge is 0.356 e. The predicted octanol–water partition coefficient (Wildman–Crippen LogP) is 2.81. The van der Waals surface area contributed by atoms with Gasteiger partial charge >= 0.3 is 5.97 Å². The Morgan fingerprint density at radius 3 is 2.75 bits per heavy atom. The second-order valence-corrected chi connectivity index (χ2v) is 4.20. The number of hydrogen-bond donors (Lipinski definition) is 1. The molecule has 0 aliphatic rings. The molecule has 0 saturated carbocycles. The summed E-state index contributed by atoms with van der Waals surface area (Å²) in [6.07, 6.45) is 2.39. The second kappa shape index (κ2) is 6.06. The van der Waals surface area contributed by atoms with E-state index >= 15 is 0 Å². The molecule has 20 heavy (non-hydrogen) atoms. The Labute approximate surface area is 117 Å². The lowest BCUT2D eigenvalue weighted by molar-refractivity contribution is 0.0593. The first kappa shape index (κ1) is 13.9. The lowest BCUT2D eigenvalue weighted by Crippen LogP contribution is -2.04. The van der Waals surface area contributed by atoms with Crippen LogP contribution >= 0.6 is 0 Å². The number of benzene rings is 1. The molecule has 104 valence electrons. The highest BCUT2D eigenvalue weighted by molar-refractivity contribution is 5.87. The summed E-state index contributed by atoms with van der Waals surface area (Å²) in [5, 5.41) is 0. The normalized spacial score (nSPS) is 10.1. The number of aromatic nitrogens is 1. The molecule has 5 nitrogen and oxygen atoms in total. The zero-order valence-corrected chi connectivity index (χ0v) is 11.4. The van der Waals surface area contributed by atoms with Crippen molar-refractivity contribution in [3.05, 3.63) is 47.8 Å². The molecule has 0 radical (unpaired) electrons. The van der Waals surface area contributed by atoms with Gasteiger partial charge in [0.05, 0.1) is 12.8 Å². The fourth-order valence-corrected chi connectivity index (χ4v) is 1.73. The van der Waals surface area contributed by atoms with Crippen molar-refractivity contribution in [3.63, 3.8) is 0 Å². The van der Waals surface area contributed by atoms with E-state index in [-0.39, 0.29) is 5.69 Å². The first-order chi connectivity index (χ1) is 9.63. The molecule has 2 aromatic rings. The number of aryl methyl sites for hydroxylation is 1. The van der Waals surface area contributed by atoms with Gasteiger partial charge in [-0.2, -0.15) is 0 Å². The summed E-state index contributed by atoms with van der Waals surface area (Å²) < 4.78 is 10.3. The Balaban J connectivity index is 2.24. The number of carbonyl (C=O) groups is 1. The number of pyridine rings is 1. The first-order valence-corrected chi connectivity index (χ1v) is 6.24. The highest BCUT2D eigenvalue weighted by Gasteiger charge is 2.09. The Kier molecular flexibility index (Phi) is 4.20. The summed E-state index contributed by atoms with van der Waals surface area (Å²) in [5.74, 6) is 0.519. The van der Waals surface area contributed by atoms with Crippen molar-refractivity contribution >= 4 is 11.7 Å². The number of rotatable bonds is 4. The summed E-state index contributed by atoms with van der Waals surface area (Å²) in [7, 11) is 1.30. The molecule has 0 spiro atoms. The fourth-order valence-electron chi connectivity index (χ4n) is 1.73. The van der Waals surface area contributed by atoms with E-state index in [9.17, 15) is 4.79 Å². The molecule has 5 heteroatoms. The minimum absolute atomic E-state index is 0.189. The van der Waals surface area contributed by atoms with Crippen LogP contribution in [0.25, 0.3) is 0 Å². The lowest BCUT2D eigenvalue weighted by atomic mass is 10.1. The molecule has 1 heterocycles. The van der Waals surface area contributed by atoms with Gasteiger partial charge in [-0.3, -0.25) is 0 Å². The van der Waals surface area contributed by atoms with Crippen LogP contribution in [-0.2, 0) is 11.2 Å². The van der Waals surface area contributed by atoms with E-state index in [4.69, 9.17) is 10.5 Å². The fraction of sp³-hybridized carbons (Fsp3) is 0.200. The van der Waals surface area contributed by atoms with Crippen LogP contribution in [0.5, 0.6) is 11.5 Å². The molecule has 0 fully saturated rings. The van der Waals surface area contributed by atoms with Gasteiger partial charge in [0.25, 0.3) is 0 Å². The minimum atomic E-state index is -0.509. The summed E-state index contributed by atoms with van der Waals surface area (Å²) in [4.78, 5) is 15.3. The number of nitrogen functional groups attached to an aromatic ring is 1. The van der Waals surface area contributed by atoms with E-state index in [0.29, 0.717) is 17.2 Å². The predicted molar refractivity (Wildman–Crippen MR) is 75.9 cm³/mol. The molecule has 0 aliphatic heterocycles. The van der Waals surface area contributed by atoms with Crippen LogP contribution in [-0.4, -0.2) is 18.1 Å². The van der Waals surface area contributed by atoms with Crippen molar-refractivity contribution in [2.45, 2.75) is 13.3 Å². The molecular weight excluding hydrogens is 256 g/mol. The lowest BCUT2D eigenvalue weighted by Gasteiger charge is -2.10. The SMILES string of the molecule is CCc1ccc(Oc2ccnc(C(=O)OC)c2)c(N)c1. The molecule has 0 unspecified atom stereocenters. The Hall–Kier alpha value is -2.56. The summed E-state index contributed by atoms with van der Waals surface area (Å²) in [6, 6.07) is 8.80.